The lowest BCUT2D eigenvalue weighted by atomic mass is 10.1. The number of likely N-dealkylation sites (tertiary alicyclic amines) is 1. The molecular formula is C23H25N3O4S. The van der Waals surface area contributed by atoms with Crippen LogP contribution in [0.1, 0.15) is 30.1 Å². The van der Waals surface area contributed by atoms with Gasteiger partial charge in [0.25, 0.3) is 11.1 Å². The fourth-order valence-corrected chi connectivity index (χ4v) is 4.57. The van der Waals surface area contributed by atoms with E-state index in [-0.39, 0.29) is 5.91 Å². The van der Waals surface area contributed by atoms with E-state index in [0.29, 0.717) is 28.2 Å². The number of carbonyl (C=O) groups excluding carboxylic acids is 1. The third-order valence-corrected chi connectivity index (χ3v) is 6.33. The van der Waals surface area contributed by atoms with Crippen molar-refractivity contribution >= 4 is 17.7 Å². The van der Waals surface area contributed by atoms with Gasteiger partial charge in [-0.25, -0.2) is 0 Å². The summed E-state index contributed by atoms with van der Waals surface area (Å²) in [5.41, 5.74) is 1.59. The van der Waals surface area contributed by atoms with Crippen molar-refractivity contribution in [2.45, 2.75) is 29.7 Å². The molecular weight excluding hydrogens is 414 g/mol. The second kappa shape index (κ2) is 9.87. The molecule has 31 heavy (non-hydrogen) atoms. The van der Waals surface area contributed by atoms with Crippen LogP contribution >= 0.6 is 11.8 Å². The Labute approximate surface area is 185 Å². The summed E-state index contributed by atoms with van der Waals surface area (Å²) in [4.78, 5) is 15.3. The average molecular weight is 440 g/mol. The molecule has 8 heteroatoms. The quantitative estimate of drug-likeness (QED) is 0.498. The van der Waals surface area contributed by atoms with Gasteiger partial charge < -0.3 is 18.8 Å². The highest BCUT2D eigenvalue weighted by Gasteiger charge is 2.30. The van der Waals surface area contributed by atoms with Crippen LogP contribution in [0.15, 0.2) is 58.2 Å². The predicted octanol–water partition coefficient (Wildman–Crippen LogP) is 4.60. The van der Waals surface area contributed by atoms with Crippen molar-refractivity contribution in [3.05, 3.63) is 54.1 Å². The molecule has 0 radical (unpaired) electrons. The molecule has 162 valence electrons. The van der Waals surface area contributed by atoms with Gasteiger partial charge in [-0.3, -0.25) is 4.79 Å². The van der Waals surface area contributed by atoms with E-state index in [1.54, 1.807) is 20.3 Å². The molecule has 1 aliphatic heterocycles. The van der Waals surface area contributed by atoms with Crippen LogP contribution < -0.4 is 9.47 Å². The molecule has 2 heterocycles. The van der Waals surface area contributed by atoms with E-state index in [0.717, 1.165) is 31.5 Å². The summed E-state index contributed by atoms with van der Waals surface area (Å²) in [7, 11) is 3.17. The highest BCUT2D eigenvalue weighted by molar-refractivity contribution is 8.00. The summed E-state index contributed by atoms with van der Waals surface area (Å²) in [6, 6.07) is 15.1. The average Bonchev–Trinajstić information content (AvgIpc) is 3.31. The number of ether oxygens (including phenoxy) is 2. The Morgan fingerprint density at radius 1 is 1.03 bits per heavy atom. The fourth-order valence-electron chi connectivity index (χ4n) is 3.61. The standard InChI is InChI=1S/C23H25N3O4S/c1-28-17-11-12-18(19(15-17)29-2)21-24-25-23(30-21)31-20(16-9-5-3-6-10-16)22(27)26-13-7-4-8-14-26/h3,5-6,9-12,15,20H,4,7-8,13-14H2,1-2H3/t20-/m1/s1. The minimum absolute atomic E-state index is 0.0812. The summed E-state index contributed by atoms with van der Waals surface area (Å²) >= 11 is 1.28. The molecule has 0 N–H and O–H groups in total. The van der Waals surface area contributed by atoms with Crippen LogP contribution in [0.3, 0.4) is 0 Å². The number of nitrogens with zero attached hydrogens (tertiary/aromatic N) is 3. The zero-order chi connectivity index (χ0) is 21.6. The summed E-state index contributed by atoms with van der Waals surface area (Å²) in [6.45, 7) is 1.59. The van der Waals surface area contributed by atoms with E-state index in [9.17, 15) is 4.79 Å². The second-order valence-corrected chi connectivity index (χ2v) is 8.29. The minimum atomic E-state index is -0.439. The number of thioether (sulfide) groups is 1. The van der Waals surface area contributed by atoms with Gasteiger partial charge in [-0.2, -0.15) is 0 Å². The maximum atomic E-state index is 13.3. The number of aromatic nitrogens is 2. The highest BCUT2D eigenvalue weighted by atomic mass is 32.2. The first-order chi connectivity index (χ1) is 15.2. The Morgan fingerprint density at radius 3 is 2.52 bits per heavy atom. The Bertz CT molecular complexity index is 1020. The molecule has 1 amide bonds. The first-order valence-corrected chi connectivity index (χ1v) is 11.1. The number of benzene rings is 2. The normalized spacial score (nSPS) is 14.8. The SMILES string of the molecule is COc1ccc(-c2nnc(S[C@@H](C(=O)N3CCCCC3)c3ccccc3)o2)c(OC)c1. The van der Waals surface area contributed by atoms with Gasteiger partial charge in [-0.05, 0) is 48.7 Å². The molecule has 4 rings (SSSR count). The lowest BCUT2D eigenvalue weighted by molar-refractivity contribution is -0.131. The molecule has 1 atom stereocenters. The zero-order valence-corrected chi connectivity index (χ0v) is 18.4. The van der Waals surface area contributed by atoms with Gasteiger partial charge in [0.15, 0.2) is 0 Å². The van der Waals surface area contributed by atoms with Crippen molar-refractivity contribution in [2.24, 2.45) is 0 Å². The highest BCUT2D eigenvalue weighted by Crippen LogP contribution is 2.39. The zero-order valence-electron chi connectivity index (χ0n) is 17.6. The Balaban J connectivity index is 1.60. The number of hydrogen-bond donors (Lipinski definition) is 0. The molecule has 0 aliphatic carbocycles. The van der Waals surface area contributed by atoms with Crippen LogP contribution in [0.4, 0.5) is 0 Å². The lowest BCUT2D eigenvalue weighted by Gasteiger charge is -2.29. The summed E-state index contributed by atoms with van der Waals surface area (Å²) in [5, 5.41) is 8.28. The van der Waals surface area contributed by atoms with Crippen molar-refractivity contribution in [3.8, 4) is 23.0 Å². The summed E-state index contributed by atoms with van der Waals surface area (Å²) in [6.07, 6.45) is 3.25. The van der Waals surface area contributed by atoms with Gasteiger partial charge in [0.05, 0.1) is 19.8 Å². The topological polar surface area (TPSA) is 77.7 Å². The van der Waals surface area contributed by atoms with E-state index in [2.05, 4.69) is 10.2 Å². The van der Waals surface area contributed by atoms with Crippen LogP contribution in [-0.4, -0.2) is 48.3 Å². The smallest absolute Gasteiger partial charge is 0.277 e. The van der Waals surface area contributed by atoms with Gasteiger partial charge in [-0.1, -0.05) is 30.3 Å². The molecule has 1 aliphatic rings. The van der Waals surface area contributed by atoms with Crippen LogP contribution in [0.2, 0.25) is 0 Å². The second-order valence-electron chi connectivity index (χ2n) is 7.23. The molecule has 1 aromatic heterocycles. The number of hydrogen-bond acceptors (Lipinski definition) is 7. The predicted molar refractivity (Wildman–Crippen MR) is 118 cm³/mol. The Kier molecular flexibility index (Phi) is 6.76. The van der Waals surface area contributed by atoms with E-state index in [1.807, 2.05) is 47.4 Å². The fraction of sp³-hybridized carbons (Fsp3) is 0.348. The number of amides is 1. The van der Waals surface area contributed by atoms with E-state index >= 15 is 0 Å². The molecule has 2 aromatic carbocycles. The largest absolute Gasteiger partial charge is 0.497 e. The molecule has 7 nitrogen and oxygen atoms in total. The third kappa shape index (κ3) is 4.85. The van der Waals surface area contributed by atoms with Crippen molar-refractivity contribution in [1.29, 1.82) is 0 Å². The maximum Gasteiger partial charge on any atom is 0.277 e. The van der Waals surface area contributed by atoms with Crippen molar-refractivity contribution < 1.29 is 18.7 Å². The first-order valence-electron chi connectivity index (χ1n) is 10.3. The number of carbonyl (C=O) groups is 1. The Hall–Kier alpha value is -3.00. The van der Waals surface area contributed by atoms with Gasteiger partial charge >= 0.3 is 0 Å². The Morgan fingerprint density at radius 2 is 1.81 bits per heavy atom. The summed E-state index contributed by atoms with van der Waals surface area (Å²) < 4.78 is 16.6. The number of piperidine rings is 1. The van der Waals surface area contributed by atoms with Crippen molar-refractivity contribution in [1.82, 2.24) is 15.1 Å². The van der Waals surface area contributed by atoms with Gasteiger partial charge in [0, 0.05) is 19.2 Å². The molecule has 0 spiro atoms. The van der Waals surface area contributed by atoms with Gasteiger partial charge in [0.2, 0.25) is 5.91 Å². The first kappa shape index (κ1) is 21.2. The number of rotatable bonds is 7. The van der Waals surface area contributed by atoms with E-state index in [1.165, 1.54) is 18.2 Å². The van der Waals surface area contributed by atoms with E-state index in [4.69, 9.17) is 13.9 Å². The van der Waals surface area contributed by atoms with Crippen molar-refractivity contribution in [3.63, 3.8) is 0 Å². The third-order valence-electron chi connectivity index (χ3n) is 5.26. The molecule has 1 fully saturated rings. The lowest BCUT2D eigenvalue weighted by Crippen LogP contribution is -2.38. The summed E-state index contributed by atoms with van der Waals surface area (Å²) in [5.74, 6) is 1.66. The minimum Gasteiger partial charge on any atom is -0.497 e. The molecule has 0 unspecified atom stereocenters. The molecule has 1 saturated heterocycles. The number of methoxy groups -OCH3 is 2. The molecule has 3 aromatic rings. The van der Waals surface area contributed by atoms with Crippen LogP contribution in [0.5, 0.6) is 11.5 Å². The van der Waals surface area contributed by atoms with Crippen LogP contribution in [-0.2, 0) is 4.79 Å². The molecule has 0 saturated carbocycles. The van der Waals surface area contributed by atoms with Gasteiger partial charge in [0.1, 0.15) is 16.7 Å². The monoisotopic (exact) mass is 439 g/mol. The maximum absolute atomic E-state index is 13.3. The van der Waals surface area contributed by atoms with Crippen molar-refractivity contribution in [2.75, 3.05) is 27.3 Å². The van der Waals surface area contributed by atoms with Crippen LogP contribution in [0, 0.1) is 0 Å². The van der Waals surface area contributed by atoms with Crippen LogP contribution in [0.25, 0.3) is 11.5 Å². The van der Waals surface area contributed by atoms with E-state index < -0.39 is 5.25 Å². The van der Waals surface area contributed by atoms with Gasteiger partial charge in [-0.15, -0.1) is 10.2 Å². The molecule has 0 bridgehead atoms.